The van der Waals surface area contributed by atoms with Crippen molar-refractivity contribution < 1.29 is 0 Å². The second kappa shape index (κ2) is 4.90. The topological polar surface area (TPSA) is 41.8 Å². The summed E-state index contributed by atoms with van der Waals surface area (Å²) in [6, 6.07) is 17.0. The number of aromatic amines is 1. The molecule has 0 atom stereocenters. The Labute approximate surface area is 113 Å². The predicted octanol–water partition coefficient (Wildman–Crippen LogP) is 3.86. The lowest BCUT2D eigenvalue weighted by Crippen LogP contribution is -1.97. The smallest absolute Gasteiger partial charge is 0.0510 e. The molecular weight excluding hydrogens is 232 g/mol. The highest BCUT2D eigenvalue weighted by Gasteiger charge is 2.11. The molecule has 1 aromatic heterocycles. The molecule has 2 nitrogen and oxygen atoms in total. The van der Waals surface area contributed by atoms with Gasteiger partial charge in [-0.3, -0.25) is 0 Å². The van der Waals surface area contributed by atoms with Crippen molar-refractivity contribution in [3.05, 3.63) is 59.7 Å². The van der Waals surface area contributed by atoms with Gasteiger partial charge in [-0.15, -0.1) is 0 Å². The second-order valence-electron chi connectivity index (χ2n) is 4.78. The van der Waals surface area contributed by atoms with Gasteiger partial charge >= 0.3 is 0 Å². The molecule has 2 heteroatoms. The van der Waals surface area contributed by atoms with Crippen LogP contribution in [0.4, 0.5) is 0 Å². The number of H-pyrrole nitrogens is 1. The van der Waals surface area contributed by atoms with Gasteiger partial charge in [-0.1, -0.05) is 49.4 Å². The number of nitrogens with one attached hydrogen (secondary N) is 1. The van der Waals surface area contributed by atoms with Crippen molar-refractivity contribution in [2.45, 2.75) is 19.9 Å². The highest BCUT2D eigenvalue weighted by molar-refractivity contribution is 5.90. The minimum absolute atomic E-state index is 0.550. The Morgan fingerprint density at radius 1 is 1.00 bits per heavy atom. The number of aromatic nitrogens is 1. The second-order valence-corrected chi connectivity index (χ2v) is 4.78. The molecule has 3 aromatic rings. The Hall–Kier alpha value is -2.06. The lowest BCUT2D eigenvalue weighted by atomic mass is 10.0. The highest BCUT2D eigenvalue weighted by Crippen LogP contribution is 2.30. The third-order valence-electron chi connectivity index (χ3n) is 3.67. The fourth-order valence-electron chi connectivity index (χ4n) is 2.57. The van der Waals surface area contributed by atoms with E-state index in [2.05, 4.69) is 54.4 Å². The number of benzene rings is 2. The fraction of sp³-hybridized carbons (Fsp3) is 0.176. The third-order valence-corrected chi connectivity index (χ3v) is 3.67. The summed E-state index contributed by atoms with van der Waals surface area (Å²) in [4.78, 5) is 3.49. The van der Waals surface area contributed by atoms with Crippen molar-refractivity contribution >= 4 is 10.9 Å². The van der Waals surface area contributed by atoms with Crippen LogP contribution in [-0.2, 0) is 13.0 Å². The van der Waals surface area contributed by atoms with Gasteiger partial charge < -0.3 is 10.7 Å². The van der Waals surface area contributed by atoms with Crippen LogP contribution < -0.4 is 5.73 Å². The largest absolute Gasteiger partial charge is 0.354 e. The van der Waals surface area contributed by atoms with E-state index in [-0.39, 0.29) is 0 Å². The quantitative estimate of drug-likeness (QED) is 0.728. The third kappa shape index (κ3) is 2.04. The predicted molar refractivity (Wildman–Crippen MR) is 81.0 cm³/mol. The first kappa shape index (κ1) is 12.0. The van der Waals surface area contributed by atoms with Crippen LogP contribution in [0.2, 0.25) is 0 Å². The van der Waals surface area contributed by atoms with Gasteiger partial charge in [0.25, 0.3) is 0 Å². The maximum Gasteiger partial charge on any atom is 0.0510 e. The van der Waals surface area contributed by atoms with Gasteiger partial charge in [0, 0.05) is 17.4 Å². The van der Waals surface area contributed by atoms with Gasteiger partial charge in [0.05, 0.1) is 5.69 Å². The van der Waals surface area contributed by atoms with E-state index in [0.29, 0.717) is 6.54 Å². The Kier molecular flexibility index (Phi) is 3.10. The molecule has 0 saturated carbocycles. The van der Waals surface area contributed by atoms with Crippen LogP contribution in [-0.4, -0.2) is 4.98 Å². The van der Waals surface area contributed by atoms with Crippen molar-refractivity contribution in [2.24, 2.45) is 5.73 Å². The van der Waals surface area contributed by atoms with Crippen molar-refractivity contribution in [3.63, 3.8) is 0 Å². The van der Waals surface area contributed by atoms with E-state index in [9.17, 15) is 0 Å². The molecule has 0 radical (unpaired) electrons. The summed E-state index contributed by atoms with van der Waals surface area (Å²) in [6.45, 7) is 2.72. The Morgan fingerprint density at radius 2 is 1.74 bits per heavy atom. The summed E-state index contributed by atoms with van der Waals surface area (Å²) in [5.41, 5.74) is 12.0. The number of rotatable bonds is 3. The first-order valence-electron chi connectivity index (χ1n) is 6.72. The van der Waals surface area contributed by atoms with E-state index in [1.807, 2.05) is 6.07 Å². The maximum atomic E-state index is 5.93. The Bertz CT molecular complexity index is 693. The summed E-state index contributed by atoms with van der Waals surface area (Å²) in [5, 5.41) is 1.22. The number of fused-ring (bicyclic) bond motifs is 1. The minimum atomic E-state index is 0.550. The van der Waals surface area contributed by atoms with E-state index < -0.39 is 0 Å². The molecule has 0 aliphatic heterocycles. The van der Waals surface area contributed by atoms with Crippen molar-refractivity contribution in [1.82, 2.24) is 4.98 Å². The fourth-order valence-corrected chi connectivity index (χ4v) is 2.57. The standard InChI is InChI=1S/C17H18N2/c1-2-12-7-9-13(10-8-12)17-15(11-18)14-5-3-4-6-16(14)19-17/h3-10,19H,2,11,18H2,1H3. The molecule has 1 heterocycles. The molecule has 2 aromatic carbocycles. The van der Waals surface area contributed by atoms with Gasteiger partial charge in [0.2, 0.25) is 0 Å². The van der Waals surface area contributed by atoms with E-state index >= 15 is 0 Å². The SMILES string of the molecule is CCc1ccc(-c2[nH]c3ccccc3c2CN)cc1. The highest BCUT2D eigenvalue weighted by atomic mass is 14.7. The maximum absolute atomic E-state index is 5.93. The van der Waals surface area contributed by atoms with Crippen LogP contribution in [0.1, 0.15) is 18.1 Å². The number of aryl methyl sites for hydroxylation is 1. The van der Waals surface area contributed by atoms with Crippen LogP contribution in [0.15, 0.2) is 48.5 Å². The summed E-state index contributed by atoms with van der Waals surface area (Å²) in [7, 11) is 0. The number of hydrogen-bond acceptors (Lipinski definition) is 1. The van der Waals surface area contributed by atoms with Crippen molar-refractivity contribution in [1.29, 1.82) is 0 Å². The normalized spacial score (nSPS) is 11.1. The van der Waals surface area contributed by atoms with Gasteiger partial charge in [-0.2, -0.15) is 0 Å². The summed E-state index contributed by atoms with van der Waals surface area (Å²) in [6.07, 6.45) is 1.07. The van der Waals surface area contributed by atoms with E-state index in [0.717, 1.165) is 17.6 Å². The van der Waals surface area contributed by atoms with Gasteiger partial charge in [-0.25, -0.2) is 0 Å². The van der Waals surface area contributed by atoms with E-state index in [1.165, 1.54) is 22.1 Å². The first-order valence-corrected chi connectivity index (χ1v) is 6.72. The molecule has 0 unspecified atom stereocenters. The molecule has 3 N–H and O–H groups in total. The number of hydrogen-bond donors (Lipinski definition) is 2. The summed E-state index contributed by atoms with van der Waals surface area (Å²) >= 11 is 0. The summed E-state index contributed by atoms with van der Waals surface area (Å²) < 4.78 is 0. The lowest BCUT2D eigenvalue weighted by Gasteiger charge is -2.04. The van der Waals surface area contributed by atoms with E-state index in [4.69, 9.17) is 5.73 Å². The van der Waals surface area contributed by atoms with Crippen LogP contribution in [0.3, 0.4) is 0 Å². The van der Waals surface area contributed by atoms with Crippen LogP contribution >= 0.6 is 0 Å². The zero-order valence-electron chi connectivity index (χ0n) is 11.1. The number of nitrogens with two attached hydrogens (primary N) is 1. The molecule has 19 heavy (non-hydrogen) atoms. The molecule has 3 rings (SSSR count). The molecule has 0 amide bonds. The monoisotopic (exact) mass is 250 g/mol. The van der Waals surface area contributed by atoms with Gasteiger partial charge in [-0.05, 0) is 29.2 Å². The van der Waals surface area contributed by atoms with Gasteiger partial charge in [0.1, 0.15) is 0 Å². The minimum Gasteiger partial charge on any atom is -0.354 e. The van der Waals surface area contributed by atoms with Crippen LogP contribution in [0.25, 0.3) is 22.2 Å². The lowest BCUT2D eigenvalue weighted by molar-refractivity contribution is 1.09. The molecule has 0 bridgehead atoms. The van der Waals surface area contributed by atoms with Crippen LogP contribution in [0.5, 0.6) is 0 Å². The van der Waals surface area contributed by atoms with Crippen molar-refractivity contribution in [3.8, 4) is 11.3 Å². The number of para-hydroxylation sites is 1. The zero-order chi connectivity index (χ0) is 13.2. The molecule has 0 aliphatic carbocycles. The molecule has 0 fully saturated rings. The molecule has 0 saturated heterocycles. The first-order chi connectivity index (χ1) is 9.33. The van der Waals surface area contributed by atoms with E-state index in [1.54, 1.807) is 0 Å². The summed E-state index contributed by atoms with van der Waals surface area (Å²) in [5.74, 6) is 0. The molecular formula is C17H18N2. The Morgan fingerprint density at radius 3 is 2.42 bits per heavy atom. The molecule has 0 aliphatic rings. The average Bonchev–Trinajstić information content (AvgIpc) is 2.85. The molecule has 0 spiro atoms. The zero-order valence-corrected chi connectivity index (χ0v) is 11.1. The average molecular weight is 250 g/mol. The molecule has 96 valence electrons. The van der Waals surface area contributed by atoms with Crippen molar-refractivity contribution in [2.75, 3.05) is 0 Å². The van der Waals surface area contributed by atoms with Gasteiger partial charge in [0.15, 0.2) is 0 Å². The Balaban J connectivity index is 2.17. The van der Waals surface area contributed by atoms with Crippen LogP contribution in [0, 0.1) is 0 Å².